The zero-order chi connectivity index (χ0) is 10.6. The monoisotopic (exact) mass is 193 g/mol. The fraction of sp³-hybridized carbons (Fsp3) is 0.545. The zero-order valence-electron chi connectivity index (χ0n) is 9.08. The van der Waals surface area contributed by atoms with Crippen LogP contribution in [0.2, 0.25) is 0 Å². The van der Waals surface area contributed by atoms with Crippen LogP contribution in [-0.4, -0.2) is 9.55 Å². The first-order valence-corrected chi connectivity index (χ1v) is 5.19. The van der Waals surface area contributed by atoms with Crippen molar-refractivity contribution in [3.63, 3.8) is 0 Å². The Kier molecular flexibility index (Phi) is 3.74. The molecular weight excluding hydrogens is 174 g/mol. The van der Waals surface area contributed by atoms with Crippen LogP contribution in [0.4, 0.5) is 5.82 Å². The molecule has 0 atom stereocenters. The lowest BCUT2D eigenvalue weighted by molar-refractivity contribution is 0.723. The summed E-state index contributed by atoms with van der Waals surface area (Å²) in [5.41, 5.74) is 6.99. The highest BCUT2D eigenvalue weighted by atomic mass is 15.1. The Hall–Kier alpha value is -1.25. The van der Waals surface area contributed by atoms with Crippen LogP contribution < -0.4 is 5.73 Å². The molecule has 1 heterocycles. The Morgan fingerprint density at radius 1 is 1.50 bits per heavy atom. The fourth-order valence-electron chi connectivity index (χ4n) is 1.58. The summed E-state index contributed by atoms with van der Waals surface area (Å²) >= 11 is 0. The molecule has 0 saturated carbocycles. The summed E-state index contributed by atoms with van der Waals surface area (Å²) in [7, 11) is 0. The van der Waals surface area contributed by atoms with Gasteiger partial charge < -0.3 is 10.3 Å². The van der Waals surface area contributed by atoms with Crippen LogP contribution in [0.25, 0.3) is 0 Å². The second kappa shape index (κ2) is 4.84. The van der Waals surface area contributed by atoms with E-state index in [1.54, 1.807) is 0 Å². The van der Waals surface area contributed by atoms with Gasteiger partial charge in [-0.1, -0.05) is 19.9 Å². The van der Waals surface area contributed by atoms with Gasteiger partial charge in [-0.3, -0.25) is 0 Å². The maximum atomic E-state index is 5.98. The van der Waals surface area contributed by atoms with Crippen molar-refractivity contribution in [2.24, 2.45) is 0 Å². The maximum absolute atomic E-state index is 5.98. The van der Waals surface area contributed by atoms with E-state index in [1.807, 2.05) is 6.08 Å². The van der Waals surface area contributed by atoms with E-state index in [4.69, 9.17) is 5.73 Å². The highest BCUT2D eigenvalue weighted by Crippen LogP contribution is 2.16. The van der Waals surface area contributed by atoms with Gasteiger partial charge in [-0.25, -0.2) is 4.98 Å². The van der Waals surface area contributed by atoms with Crippen molar-refractivity contribution < 1.29 is 0 Å². The van der Waals surface area contributed by atoms with Crippen molar-refractivity contribution in [2.75, 3.05) is 5.73 Å². The molecule has 0 aromatic carbocycles. The maximum Gasteiger partial charge on any atom is 0.127 e. The van der Waals surface area contributed by atoms with Gasteiger partial charge in [0.25, 0.3) is 0 Å². The van der Waals surface area contributed by atoms with Crippen LogP contribution in [0, 0.1) is 0 Å². The van der Waals surface area contributed by atoms with Crippen molar-refractivity contribution in [1.82, 2.24) is 9.55 Å². The predicted molar refractivity (Wildman–Crippen MR) is 60.2 cm³/mol. The largest absolute Gasteiger partial charge is 0.384 e. The molecule has 0 aliphatic carbocycles. The van der Waals surface area contributed by atoms with Crippen LogP contribution in [0.15, 0.2) is 12.7 Å². The third kappa shape index (κ3) is 1.97. The molecule has 0 spiro atoms. The minimum atomic E-state index is 0.758. The second-order valence-electron chi connectivity index (χ2n) is 3.36. The third-order valence-electron chi connectivity index (χ3n) is 2.28. The second-order valence-corrected chi connectivity index (χ2v) is 3.36. The van der Waals surface area contributed by atoms with E-state index in [9.17, 15) is 0 Å². The van der Waals surface area contributed by atoms with Gasteiger partial charge in [-0.15, -0.1) is 6.58 Å². The summed E-state index contributed by atoms with van der Waals surface area (Å²) in [4.78, 5) is 4.53. The number of rotatable bonds is 5. The fourth-order valence-corrected chi connectivity index (χ4v) is 1.58. The van der Waals surface area contributed by atoms with Gasteiger partial charge in [0.15, 0.2) is 0 Å². The number of nitrogens with zero attached hydrogens (tertiary/aromatic N) is 2. The minimum absolute atomic E-state index is 0.758. The summed E-state index contributed by atoms with van der Waals surface area (Å²) in [6.45, 7) is 8.71. The van der Waals surface area contributed by atoms with E-state index in [0.717, 1.165) is 43.1 Å². The summed E-state index contributed by atoms with van der Waals surface area (Å²) in [5, 5.41) is 0. The molecule has 0 bridgehead atoms. The molecule has 0 fully saturated rings. The first-order chi connectivity index (χ1) is 6.74. The van der Waals surface area contributed by atoms with Gasteiger partial charge in [0.2, 0.25) is 0 Å². The van der Waals surface area contributed by atoms with Crippen molar-refractivity contribution in [3.05, 3.63) is 24.2 Å². The number of hydrogen-bond acceptors (Lipinski definition) is 2. The average molecular weight is 193 g/mol. The van der Waals surface area contributed by atoms with Crippen LogP contribution in [-0.2, 0) is 19.4 Å². The quantitative estimate of drug-likeness (QED) is 0.728. The van der Waals surface area contributed by atoms with Crippen LogP contribution in [0.3, 0.4) is 0 Å². The Morgan fingerprint density at radius 3 is 2.71 bits per heavy atom. The van der Waals surface area contributed by atoms with E-state index in [1.165, 1.54) is 0 Å². The lowest BCUT2D eigenvalue weighted by atomic mass is 10.3. The van der Waals surface area contributed by atoms with Crippen molar-refractivity contribution in [1.29, 1.82) is 0 Å². The van der Waals surface area contributed by atoms with E-state index < -0.39 is 0 Å². The summed E-state index contributed by atoms with van der Waals surface area (Å²) in [6.07, 6.45) is 4.83. The van der Waals surface area contributed by atoms with Crippen molar-refractivity contribution >= 4 is 5.82 Å². The first kappa shape index (κ1) is 10.8. The zero-order valence-corrected chi connectivity index (χ0v) is 9.08. The Morgan fingerprint density at radius 2 is 2.21 bits per heavy atom. The molecule has 0 aliphatic heterocycles. The molecular formula is C11H19N3. The third-order valence-corrected chi connectivity index (χ3v) is 2.28. The van der Waals surface area contributed by atoms with Gasteiger partial charge >= 0.3 is 0 Å². The SMILES string of the molecule is C=CCn1c(CCC)nc(CC)c1N. The highest BCUT2D eigenvalue weighted by molar-refractivity contribution is 5.38. The molecule has 1 aromatic rings. The molecule has 0 amide bonds. The van der Waals surface area contributed by atoms with Gasteiger partial charge in [0.05, 0.1) is 5.69 Å². The molecule has 1 aromatic heterocycles. The molecule has 0 aliphatic rings. The number of allylic oxidation sites excluding steroid dienone is 1. The van der Waals surface area contributed by atoms with Crippen molar-refractivity contribution in [3.8, 4) is 0 Å². The molecule has 0 radical (unpaired) electrons. The number of aromatic nitrogens is 2. The molecule has 3 heteroatoms. The lowest BCUT2D eigenvalue weighted by Gasteiger charge is -2.05. The van der Waals surface area contributed by atoms with Crippen LogP contribution in [0.1, 0.15) is 31.8 Å². The predicted octanol–water partition coefficient (Wildman–Crippen LogP) is 2.17. The van der Waals surface area contributed by atoms with Crippen LogP contribution >= 0.6 is 0 Å². The Balaban J connectivity index is 3.05. The van der Waals surface area contributed by atoms with Gasteiger partial charge in [0.1, 0.15) is 11.6 Å². The highest BCUT2D eigenvalue weighted by Gasteiger charge is 2.10. The van der Waals surface area contributed by atoms with Gasteiger partial charge in [-0.2, -0.15) is 0 Å². The summed E-state index contributed by atoms with van der Waals surface area (Å²) < 4.78 is 2.05. The average Bonchev–Trinajstić information content (AvgIpc) is 2.47. The normalized spacial score (nSPS) is 10.4. The smallest absolute Gasteiger partial charge is 0.127 e. The number of hydrogen-bond donors (Lipinski definition) is 1. The number of nitrogen functional groups attached to an aromatic ring is 1. The summed E-state index contributed by atoms with van der Waals surface area (Å²) in [6, 6.07) is 0. The van der Waals surface area contributed by atoms with E-state index >= 15 is 0 Å². The van der Waals surface area contributed by atoms with Crippen LogP contribution in [0.5, 0.6) is 0 Å². The Labute approximate surface area is 85.6 Å². The summed E-state index contributed by atoms with van der Waals surface area (Å²) in [5.74, 6) is 1.89. The van der Waals surface area contributed by atoms with Gasteiger partial charge in [0, 0.05) is 13.0 Å². The van der Waals surface area contributed by atoms with Gasteiger partial charge in [-0.05, 0) is 12.8 Å². The molecule has 2 N–H and O–H groups in total. The molecule has 0 saturated heterocycles. The van der Waals surface area contributed by atoms with E-state index in [0.29, 0.717) is 0 Å². The van der Waals surface area contributed by atoms with E-state index in [2.05, 4.69) is 30.0 Å². The molecule has 3 nitrogen and oxygen atoms in total. The molecule has 78 valence electrons. The number of anilines is 1. The van der Waals surface area contributed by atoms with Crippen molar-refractivity contribution in [2.45, 2.75) is 39.7 Å². The Bertz CT molecular complexity index is 313. The number of aryl methyl sites for hydroxylation is 2. The topological polar surface area (TPSA) is 43.8 Å². The number of imidazole rings is 1. The lowest BCUT2D eigenvalue weighted by Crippen LogP contribution is -2.06. The van der Waals surface area contributed by atoms with E-state index in [-0.39, 0.29) is 0 Å². The molecule has 14 heavy (non-hydrogen) atoms. The minimum Gasteiger partial charge on any atom is -0.384 e. The first-order valence-electron chi connectivity index (χ1n) is 5.19. The molecule has 0 unspecified atom stereocenters. The number of nitrogens with two attached hydrogens (primary N) is 1. The molecule has 1 rings (SSSR count). The standard InChI is InChI=1S/C11H19N3/c1-4-7-10-13-9(6-3)11(12)14(10)8-5-2/h5H,2,4,6-8,12H2,1,3H3.